The van der Waals surface area contributed by atoms with Crippen molar-refractivity contribution >= 4 is 5.91 Å². The lowest BCUT2D eigenvalue weighted by molar-refractivity contribution is -0.132. The van der Waals surface area contributed by atoms with E-state index in [4.69, 9.17) is 4.74 Å². The van der Waals surface area contributed by atoms with Crippen LogP contribution in [-0.2, 0) is 16.0 Å². The van der Waals surface area contributed by atoms with Gasteiger partial charge in [0, 0.05) is 19.7 Å². The smallest absolute Gasteiger partial charge is 0.226 e. The van der Waals surface area contributed by atoms with Gasteiger partial charge >= 0.3 is 0 Å². The largest absolute Gasteiger partial charge is 0.377 e. The van der Waals surface area contributed by atoms with Crippen LogP contribution < -0.4 is 0 Å². The van der Waals surface area contributed by atoms with Gasteiger partial charge in [0.1, 0.15) is 0 Å². The summed E-state index contributed by atoms with van der Waals surface area (Å²) >= 11 is 0. The predicted octanol–water partition coefficient (Wildman–Crippen LogP) is 3.29. The molecule has 3 heteroatoms. The van der Waals surface area contributed by atoms with Crippen molar-refractivity contribution in [2.75, 3.05) is 26.3 Å². The second-order valence-electron chi connectivity index (χ2n) is 6.25. The lowest BCUT2D eigenvalue weighted by Crippen LogP contribution is -2.40. The summed E-state index contributed by atoms with van der Waals surface area (Å²) in [5.41, 5.74) is 3.64. The third kappa shape index (κ3) is 4.70. The van der Waals surface area contributed by atoms with E-state index in [1.54, 1.807) is 6.08 Å². The highest BCUT2D eigenvalue weighted by molar-refractivity contribution is 5.79. The molecule has 1 aromatic rings. The van der Waals surface area contributed by atoms with Crippen molar-refractivity contribution in [2.24, 2.45) is 5.92 Å². The minimum absolute atomic E-state index is 0.244. The van der Waals surface area contributed by atoms with Gasteiger partial charge in [0.05, 0.1) is 13.0 Å². The Hall–Kier alpha value is -1.61. The fraction of sp³-hybridized carbons (Fsp3) is 0.526. The molecule has 1 amide bonds. The molecule has 0 radical (unpaired) electrons. The van der Waals surface area contributed by atoms with Gasteiger partial charge in [-0.3, -0.25) is 4.79 Å². The molecule has 1 fully saturated rings. The van der Waals surface area contributed by atoms with Crippen molar-refractivity contribution in [1.82, 2.24) is 4.90 Å². The first-order valence-electron chi connectivity index (χ1n) is 8.12. The molecule has 0 spiro atoms. The molecule has 1 heterocycles. The molecule has 0 atom stereocenters. The Morgan fingerprint density at radius 3 is 2.68 bits per heavy atom. The zero-order valence-electron chi connectivity index (χ0n) is 13.8. The average Bonchev–Trinajstić information content (AvgIpc) is 2.52. The van der Waals surface area contributed by atoms with Gasteiger partial charge in [0.15, 0.2) is 0 Å². The SMILES string of the molecule is C=CCOCC1CCN(C(=O)Cc2ccc(C)c(C)c2)CC1. The molecule has 0 unspecified atom stereocenters. The Morgan fingerprint density at radius 1 is 1.32 bits per heavy atom. The van der Waals surface area contributed by atoms with Gasteiger partial charge < -0.3 is 9.64 Å². The summed E-state index contributed by atoms with van der Waals surface area (Å²) in [4.78, 5) is 14.4. The van der Waals surface area contributed by atoms with Crippen LogP contribution in [0.15, 0.2) is 30.9 Å². The number of carbonyl (C=O) groups is 1. The molecule has 1 aliphatic rings. The molecule has 3 nitrogen and oxygen atoms in total. The third-order valence-electron chi connectivity index (χ3n) is 4.48. The number of carbonyl (C=O) groups excluding carboxylic acids is 1. The van der Waals surface area contributed by atoms with Crippen molar-refractivity contribution in [3.05, 3.63) is 47.5 Å². The number of hydrogen-bond acceptors (Lipinski definition) is 2. The fourth-order valence-electron chi connectivity index (χ4n) is 2.87. The maximum absolute atomic E-state index is 12.4. The van der Waals surface area contributed by atoms with E-state index < -0.39 is 0 Å². The number of aryl methyl sites for hydroxylation is 2. The lowest BCUT2D eigenvalue weighted by atomic mass is 9.97. The Labute approximate surface area is 134 Å². The van der Waals surface area contributed by atoms with Crippen LogP contribution in [0.5, 0.6) is 0 Å². The van der Waals surface area contributed by atoms with Crippen LogP contribution in [0, 0.1) is 19.8 Å². The van der Waals surface area contributed by atoms with Gasteiger partial charge in [0.25, 0.3) is 0 Å². The number of likely N-dealkylation sites (tertiary alicyclic amines) is 1. The van der Waals surface area contributed by atoms with Gasteiger partial charge in [-0.2, -0.15) is 0 Å². The molecule has 0 N–H and O–H groups in total. The summed E-state index contributed by atoms with van der Waals surface area (Å²) in [6, 6.07) is 6.29. The standard InChI is InChI=1S/C19H27NO2/c1-4-11-22-14-17-7-9-20(10-8-17)19(21)13-18-6-5-15(2)16(3)12-18/h4-6,12,17H,1,7-11,13-14H2,2-3H3. The Morgan fingerprint density at radius 2 is 2.05 bits per heavy atom. The predicted molar refractivity (Wildman–Crippen MR) is 89.9 cm³/mol. The van der Waals surface area contributed by atoms with Crippen LogP contribution in [0.3, 0.4) is 0 Å². The molecule has 1 aromatic carbocycles. The first-order valence-corrected chi connectivity index (χ1v) is 8.12. The number of amides is 1. The van der Waals surface area contributed by atoms with Crippen molar-refractivity contribution in [3.8, 4) is 0 Å². The van der Waals surface area contributed by atoms with E-state index in [1.807, 2.05) is 4.90 Å². The van der Waals surface area contributed by atoms with Crippen LogP contribution in [0.25, 0.3) is 0 Å². The van der Waals surface area contributed by atoms with Gasteiger partial charge in [-0.1, -0.05) is 24.3 Å². The maximum atomic E-state index is 12.4. The summed E-state index contributed by atoms with van der Waals surface area (Å²) in [7, 11) is 0. The number of hydrogen-bond donors (Lipinski definition) is 0. The topological polar surface area (TPSA) is 29.5 Å². The second kappa shape index (κ2) is 8.14. The average molecular weight is 301 g/mol. The van der Waals surface area contributed by atoms with E-state index in [0.29, 0.717) is 18.9 Å². The molecule has 0 aromatic heterocycles. The monoisotopic (exact) mass is 301 g/mol. The zero-order chi connectivity index (χ0) is 15.9. The second-order valence-corrected chi connectivity index (χ2v) is 6.25. The summed E-state index contributed by atoms with van der Waals surface area (Å²) in [6.45, 7) is 11.0. The quantitative estimate of drug-likeness (QED) is 0.596. The van der Waals surface area contributed by atoms with E-state index in [-0.39, 0.29) is 5.91 Å². The van der Waals surface area contributed by atoms with Crippen molar-refractivity contribution in [2.45, 2.75) is 33.1 Å². The number of piperidine rings is 1. The van der Waals surface area contributed by atoms with Gasteiger partial charge in [-0.15, -0.1) is 6.58 Å². The minimum Gasteiger partial charge on any atom is -0.377 e. The van der Waals surface area contributed by atoms with Crippen LogP contribution >= 0.6 is 0 Å². The van der Waals surface area contributed by atoms with E-state index in [0.717, 1.165) is 38.1 Å². The van der Waals surface area contributed by atoms with Crippen LogP contribution in [-0.4, -0.2) is 37.1 Å². The van der Waals surface area contributed by atoms with Gasteiger partial charge in [-0.25, -0.2) is 0 Å². The van der Waals surface area contributed by atoms with Gasteiger partial charge in [0.2, 0.25) is 5.91 Å². The molecule has 22 heavy (non-hydrogen) atoms. The lowest BCUT2D eigenvalue weighted by Gasteiger charge is -2.32. The van der Waals surface area contributed by atoms with E-state index in [2.05, 4.69) is 38.6 Å². The summed E-state index contributed by atoms with van der Waals surface area (Å²) < 4.78 is 5.52. The van der Waals surface area contributed by atoms with Crippen molar-refractivity contribution in [3.63, 3.8) is 0 Å². The highest BCUT2D eigenvalue weighted by Gasteiger charge is 2.22. The normalized spacial score (nSPS) is 15.8. The molecule has 0 aliphatic carbocycles. The summed E-state index contributed by atoms with van der Waals surface area (Å²) in [5, 5.41) is 0. The Balaban J connectivity index is 1.79. The Bertz CT molecular complexity index is 516. The fourth-order valence-corrected chi connectivity index (χ4v) is 2.87. The maximum Gasteiger partial charge on any atom is 0.226 e. The van der Waals surface area contributed by atoms with Crippen LogP contribution in [0.2, 0.25) is 0 Å². The third-order valence-corrected chi connectivity index (χ3v) is 4.48. The van der Waals surface area contributed by atoms with E-state index in [9.17, 15) is 4.79 Å². The molecule has 120 valence electrons. The minimum atomic E-state index is 0.244. The molecule has 0 saturated carbocycles. The summed E-state index contributed by atoms with van der Waals surface area (Å²) in [5.74, 6) is 0.819. The molecule has 1 saturated heterocycles. The molecular weight excluding hydrogens is 274 g/mol. The van der Waals surface area contributed by atoms with Crippen LogP contribution in [0.4, 0.5) is 0 Å². The zero-order valence-corrected chi connectivity index (χ0v) is 13.8. The molecule has 2 rings (SSSR count). The Kier molecular flexibility index (Phi) is 6.20. The van der Waals surface area contributed by atoms with E-state index >= 15 is 0 Å². The van der Waals surface area contributed by atoms with Crippen LogP contribution in [0.1, 0.15) is 29.5 Å². The highest BCUT2D eigenvalue weighted by Crippen LogP contribution is 2.19. The summed E-state index contributed by atoms with van der Waals surface area (Å²) in [6.07, 6.45) is 4.37. The number of rotatable bonds is 6. The number of nitrogens with zero attached hydrogens (tertiary/aromatic N) is 1. The molecule has 0 bridgehead atoms. The number of benzene rings is 1. The number of ether oxygens (including phenoxy) is 1. The van der Waals surface area contributed by atoms with Crippen molar-refractivity contribution < 1.29 is 9.53 Å². The molecule has 1 aliphatic heterocycles. The first-order chi connectivity index (χ1) is 10.6. The van der Waals surface area contributed by atoms with Gasteiger partial charge in [-0.05, 0) is 49.3 Å². The highest BCUT2D eigenvalue weighted by atomic mass is 16.5. The van der Waals surface area contributed by atoms with E-state index in [1.165, 1.54) is 11.1 Å². The first kappa shape index (κ1) is 16.8. The molecular formula is C19H27NO2. The van der Waals surface area contributed by atoms with Crippen molar-refractivity contribution in [1.29, 1.82) is 0 Å².